The fourth-order valence-corrected chi connectivity index (χ4v) is 11.1. The fourth-order valence-electron chi connectivity index (χ4n) is 6.53. The Bertz CT molecular complexity index is 999. The van der Waals surface area contributed by atoms with E-state index in [9.17, 15) is 9.90 Å². The first-order chi connectivity index (χ1) is 22.7. The van der Waals surface area contributed by atoms with E-state index in [4.69, 9.17) is 13.9 Å². The molecular weight excluding hydrogens is 601 g/mol. The fraction of sp³-hybridized carbons (Fsp3) is 0.683. The maximum Gasteiger partial charge on any atom is 0.306 e. The molecule has 47 heavy (non-hydrogen) atoms. The summed E-state index contributed by atoms with van der Waals surface area (Å²) >= 11 is 0. The molecule has 2 aromatic carbocycles. The summed E-state index contributed by atoms with van der Waals surface area (Å²) in [6.07, 6.45) is 18.2. The van der Waals surface area contributed by atoms with E-state index >= 15 is 0 Å². The lowest BCUT2D eigenvalue weighted by atomic mass is 10.1. The van der Waals surface area contributed by atoms with E-state index in [1.165, 1.54) is 81.0 Å². The van der Waals surface area contributed by atoms with Gasteiger partial charge in [0.15, 0.2) is 0 Å². The van der Waals surface area contributed by atoms with Crippen LogP contribution in [0.5, 0.6) is 0 Å². The molecule has 0 saturated carbocycles. The van der Waals surface area contributed by atoms with Crippen LogP contribution in [-0.2, 0) is 18.7 Å². The molecule has 6 heteroatoms. The lowest BCUT2D eigenvalue weighted by Gasteiger charge is -2.43. The number of ether oxygens (including phenoxy) is 2. The van der Waals surface area contributed by atoms with Crippen molar-refractivity contribution in [2.24, 2.45) is 0 Å². The summed E-state index contributed by atoms with van der Waals surface area (Å²) in [5.74, 6) is -0.0785. The van der Waals surface area contributed by atoms with Crippen LogP contribution in [0.15, 0.2) is 60.7 Å². The molecule has 0 fully saturated rings. The zero-order chi connectivity index (χ0) is 34.2. The highest BCUT2D eigenvalue weighted by Crippen LogP contribution is 2.36. The molecule has 0 amide bonds. The second kappa shape index (κ2) is 24.2. The van der Waals surface area contributed by atoms with Gasteiger partial charge in [-0.2, -0.15) is 0 Å². The Morgan fingerprint density at radius 3 is 1.68 bits per heavy atom. The third kappa shape index (κ3) is 15.8. The van der Waals surface area contributed by atoms with E-state index in [0.29, 0.717) is 19.4 Å². The van der Waals surface area contributed by atoms with Crippen molar-refractivity contribution in [2.45, 2.75) is 161 Å². The normalized spacial score (nSPS) is 13.4. The molecule has 0 unspecified atom stereocenters. The Morgan fingerprint density at radius 1 is 0.681 bits per heavy atom. The monoisotopic (exact) mass is 668 g/mol. The molecule has 0 heterocycles. The van der Waals surface area contributed by atoms with Crippen molar-refractivity contribution in [3.63, 3.8) is 0 Å². The van der Waals surface area contributed by atoms with Crippen molar-refractivity contribution in [3.05, 3.63) is 60.7 Å². The van der Waals surface area contributed by atoms with Gasteiger partial charge < -0.3 is 19.0 Å². The molecule has 0 bridgehead atoms. The van der Waals surface area contributed by atoms with Gasteiger partial charge in [-0.1, -0.05) is 172 Å². The van der Waals surface area contributed by atoms with Gasteiger partial charge in [-0.05, 0) is 34.7 Å². The highest BCUT2D eigenvalue weighted by atomic mass is 28.4. The average Bonchev–Trinajstić information content (AvgIpc) is 3.06. The molecule has 5 nitrogen and oxygen atoms in total. The van der Waals surface area contributed by atoms with Crippen molar-refractivity contribution >= 4 is 24.7 Å². The number of aliphatic hydroxyl groups excluding tert-OH is 1. The lowest BCUT2D eigenvalue weighted by Crippen LogP contribution is -2.67. The maximum atomic E-state index is 12.7. The first kappa shape index (κ1) is 41.2. The van der Waals surface area contributed by atoms with Gasteiger partial charge >= 0.3 is 5.97 Å². The standard InChI is InChI=1S/C41H68O5Si/c1-6-8-10-12-13-14-15-17-25-31-40(43)46-37(26-20-16-11-9-7-2)32-33-44-34-36(42)35-45-47(41(3,4)5,38-27-21-18-22-28-38)39-29-23-19-24-30-39/h18-19,21-24,27-30,36-37,42H,6-17,20,25-26,31-35H2,1-5H3/t36-,37+/m0/s1. The van der Waals surface area contributed by atoms with E-state index in [2.05, 4.69) is 83.1 Å². The topological polar surface area (TPSA) is 65.0 Å². The Balaban J connectivity index is 1.85. The Hall–Kier alpha value is -1.99. The number of rotatable bonds is 27. The molecule has 0 aliphatic heterocycles. The molecule has 0 radical (unpaired) electrons. The quantitative estimate of drug-likeness (QED) is 0.0584. The molecule has 0 aliphatic carbocycles. The first-order valence-corrected chi connectivity index (χ1v) is 20.9. The number of benzene rings is 2. The number of carbonyl (C=O) groups excluding carboxylic acids is 1. The minimum Gasteiger partial charge on any atom is -0.462 e. The Kier molecular flexibility index (Phi) is 21.2. The predicted octanol–water partition coefficient (Wildman–Crippen LogP) is 9.52. The van der Waals surface area contributed by atoms with Gasteiger partial charge in [0.2, 0.25) is 0 Å². The van der Waals surface area contributed by atoms with E-state index < -0.39 is 14.4 Å². The largest absolute Gasteiger partial charge is 0.462 e. The van der Waals surface area contributed by atoms with Gasteiger partial charge in [0.1, 0.15) is 6.10 Å². The van der Waals surface area contributed by atoms with Gasteiger partial charge in [0, 0.05) is 12.8 Å². The van der Waals surface area contributed by atoms with Gasteiger partial charge in [0.05, 0.1) is 25.9 Å². The van der Waals surface area contributed by atoms with E-state index in [0.717, 1.165) is 25.7 Å². The molecule has 1 N–H and O–H groups in total. The van der Waals surface area contributed by atoms with E-state index in [1.807, 2.05) is 12.1 Å². The van der Waals surface area contributed by atoms with Gasteiger partial charge in [-0.15, -0.1) is 0 Å². The van der Waals surface area contributed by atoms with Crippen LogP contribution in [0.1, 0.15) is 144 Å². The van der Waals surface area contributed by atoms with Crippen LogP contribution in [0.3, 0.4) is 0 Å². The van der Waals surface area contributed by atoms with Gasteiger partial charge in [-0.25, -0.2) is 0 Å². The number of hydrogen-bond donors (Lipinski definition) is 1. The summed E-state index contributed by atoms with van der Waals surface area (Å²) in [6.45, 7) is 12.0. The average molecular weight is 669 g/mol. The Labute approximate surface area is 289 Å². The van der Waals surface area contributed by atoms with Crippen LogP contribution < -0.4 is 10.4 Å². The van der Waals surface area contributed by atoms with Crippen molar-refractivity contribution in [1.29, 1.82) is 0 Å². The third-order valence-corrected chi connectivity index (χ3v) is 14.2. The molecule has 2 aromatic rings. The van der Waals surface area contributed by atoms with E-state index in [1.54, 1.807) is 0 Å². The maximum absolute atomic E-state index is 12.7. The first-order valence-electron chi connectivity index (χ1n) is 18.9. The second-order valence-electron chi connectivity index (χ2n) is 14.4. The molecule has 0 spiro atoms. The van der Waals surface area contributed by atoms with Crippen molar-refractivity contribution in [3.8, 4) is 0 Å². The molecular formula is C41H68O5Si. The number of carbonyl (C=O) groups is 1. The molecule has 2 rings (SSSR count). The van der Waals surface area contributed by atoms with Crippen LogP contribution in [0, 0.1) is 0 Å². The van der Waals surface area contributed by atoms with Crippen molar-refractivity contribution < 1.29 is 23.8 Å². The number of unbranched alkanes of at least 4 members (excludes halogenated alkanes) is 12. The summed E-state index contributed by atoms with van der Waals surface area (Å²) in [5, 5.41) is 13.2. The lowest BCUT2D eigenvalue weighted by molar-refractivity contribution is -0.150. The van der Waals surface area contributed by atoms with Gasteiger partial charge in [-0.3, -0.25) is 4.79 Å². The molecule has 0 aromatic heterocycles. The predicted molar refractivity (Wildman–Crippen MR) is 200 cm³/mol. The highest BCUT2D eigenvalue weighted by Gasteiger charge is 2.50. The highest BCUT2D eigenvalue weighted by molar-refractivity contribution is 6.99. The molecule has 0 saturated heterocycles. The smallest absolute Gasteiger partial charge is 0.306 e. The van der Waals surface area contributed by atoms with Crippen LogP contribution in [0.2, 0.25) is 5.04 Å². The summed E-state index contributed by atoms with van der Waals surface area (Å²) < 4.78 is 18.8. The summed E-state index contributed by atoms with van der Waals surface area (Å²) in [6, 6.07) is 21.0. The van der Waals surface area contributed by atoms with Gasteiger partial charge in [0.25, 0.3) is 8.32 Å². The number of aliphatic hydroxyl groups is 1. The summed E-state index contributed by atoms with van der Waals surface area (Å²) in [5.41, 5.74) is 0. The SMILES string of the molecule is CCCCCCCCCCCC(=O)O[C@H](CCCCCCC)CCOC[C@H](O)CO[Si](c1ccccc1)(c1ccccc1)C(C)(C)C. The second-order valence-corrected chi connectivity index (χ2v) is 18.7. The molecule has 2 atom stereocenters. The van der Waals surface area contributed by atoms with E-state index in [-0.39, 0.29) is 30.3 Å². The zero-order valence-electron chi connectivity index (χ0n) is 30.7. The van der Waals surface area contributed by atoms with Crippen LogP contribution >= 0.6 is 0 Å². The molecule has 0 aliphatic rings. The minimum absolute atomic E-state index is 0.0785. The summed E-state index contributed by atoms with van der Waals surface area (Å²) in [4.78, 5) is 12.7. The van der Waals surface area contributed by atoms with Crippen LogP contribution in [0.4, 0.5) is 0 Å². The molecule has 266 valence electrons. The van der Waals surface area contributed by atoms with Crippen LogP contribution in [0.25, 0.3) is 0 Å². The number of hydrogen-bond acceptors (Lipinski definition) is 5. The third-order valence-electron chi connectivity index (χ3n) is 9.22. The van der Waals surface area contributed by atoms with Crippen molar-refractivity contribution in [2.75, 3.05) is 19.8 Å². The Morgan fingerprint density at radius 2 is 1.17 bits per heavy atom. The summed E-state index contributed by atoms with van der Waals surface area (Å²) in [7, 11) is -2.72. The number of esters is 1. The minimum atomic E-state index is -2.72. The van der Waals surface area contributed by atoms with Crippen LogP contribution in [-0.4, -0.2) is 51.4 Å². The zero-order valence-corrected chi connectivity index (χ0v) is 31.7. The van der Waals surface area contributed by atoms with Crippen molar-refractivity contribution in [1.82, 2.24) is 0 Å².